The van der Waals surface area contributed by atoms with Crippen LogP contribution in [-0.2, 0) is 16.0 Å². The smallest absolute Gasteiger partial charge is 0.239 e. The molecule has 11 heteroatoms. The summed E-state index contributed by atoms with van der Waals surface area (Å²) >= 11 is 0. The van der Waals surface area contributed by atoms with Crippen LogP contribution in [0.3, 0.4) is 0 Å². The molecule has 1 saturated carbocycles. The van der Waals surface area contributed by atoms with Crippen molar-refractivity contribution in [1.29, 1.82) is 0 Å². The third-order valence-electron chi connectivity index (χ3n) is 8.73. The molecule has 3 fully saturated rings. The number of aromatic nitrogens is 2. The van der Waals surface area contributed by atoms with Crippen LogP contribution in [0.4, 0.5) is 4.39 Å². The van der Waals surface area contributed by atoms with Crippen molar-refractivity contribution >= 4 is 5.91 Å². The van der Waals surface area contributed by atoms with Gasteiger partial charge in [-0.2, -0.15) is 4.98 Å². The van der Waals surface area contributed by atoms with E-state index >= 15 is 0 Å². The van der Waals surface area contributed by atoms with E-state index in [0.29, 0.717) is 35.6 Å². The number of carbonyl (C=O) groups is 1. The number of halogens is 1. The minimum Gasteiger partial charge on any atom is -0.493 e. The Bertz CT molecular complexity index is 1120. The van der Waals surface area contributed by atoms with Crippen LogP contribution in [0.2, 0.25) is 0 Å². The Labute approximate surface area is 248 Å². The lowest BCUT2D eigenvalue weighted by atomic mass is 10.0. The lowest BCUT2D eigenvalue weighted by Gasteiger charge is -2.28. The fraction of sp³-hybridized carbons (Fsp3) is 0.710. The molecule has 5 rings (SSSR count). The fourth-order valence-electron chi connectivity index (χ4n) is 6.19. The van der Waals surface area contributed by atoms with Gasteiger partial charge in [-0.15, -0.1) is 0 Å². The van der Waals surface area contributed by atoms with Crippen LogP contribution in [0.5, 0.6) is 5.75 Å². The number of morpholine rings is 1. The number of hydrogen-bond acceptors (Lipinski definition) is 9. The molecule has 2 saturated heterocycles. The van der Waals surface area contributed by atoms with E-state index in [9.17, 15) is 9.18 Å². The number of benzene rings is 1. The van der Waals surface area contributed by atoms with Gasteiger partial charge in [0, 0.05) is 64.8 Å². The zero-order valence-electron chi connectivity index (χ0n) is 25.1. The highest BCUT2D eigenvalue weighted by atomic mass is 19.1. The van der Waals surface area contributed by atoms with E-state index in [1.54, 1.807) is 12.1 Å². The number of ether oxygens (including phenoxy) is 2. The molecule has 42 heavy (non-hydrogen) atoms. The van der Waals surface area contributed by atoms with Gasteiger partial charge in [0.25, 0.3) is 0 Å². The summed E-state index contributed by atoms with van der Waals surface area (Å²) < 4.78 is 31.5. The van der Waals surface area contributed by atoms with Crippen LogP contribution in [-0.4, -0.2) is 116 Å². The zero-order valence-corrected chi connectivity index (χ0v) is 25.1. The van der Waals surface area contributed by atoms with Gasteiger partial charge in [-0.05, 0) is 57.2 Å². The first kappa shape index (κ1) is 30.8. The molecule has 1 atom stereocenters. The monoisotopic (exact) mass is 586 g/mol. The second-order valence-electron chi connectivity index (χ2n) is 11.9. The molecule has 1 amide bonds. The molecule has 1 aromatic carbocycles. The minimum absolute atomic E-state index is 0.179. The quantitative estimate of drug-likeness (QED) is 0.355. The van der Waals surface area contributed by atoms with E-state index in [4.69, 9.17) is 14.0 Å². The topological polar surface area (TPSA) is 96.2 Å². The highest BCUT2D eigenvalue weighted by Crippen LogP contribution is 2.29. The van der Waals surface area contributed by atoms with E-state index in [1.807, 2.05) is 11.8 Å². The molecule has 1 N–H and O–H groups in total. The molecule has 1 aliphatic carbocycles. The minimum atomic E-state index is -0.414. The first-order chi connectivity index (χ1) is 20.5. The Morgan fingerprint density at radius 1 is 1.07 bits per heavy atom. The number of amides is 1. The van der Waals surface area contributed by atoms with Crippen LogP contribution in [0.1, 0.15) is 51.3 Å². The molecule has 0 unspecified atom stereocenters. The van der Waals surface area contributed by atoms with Crippen molar-refractivity contribution in [3.05, 3.63) is 29.9 Å². The van der Waals surface area contributed by atoms with Crippen LogP contribution in [0.25, 0.3) is 11.4 Å². The fourth-order valence-corrected chi connectivity index (χ4v) is 6.19. The van der Waals surface area contributed by atoms with E-state index < -0.39 is 5.82 Å². The molecule has 2 aromatic rings. The van der Waals surface area contributed by atoms with Crippen LogP contribution >= 0.6 is 0 Å². The van der Waals surface area contributed by atoms with E-state index in [0.717, 1.165) is 91.4 Å². The maximum absolute atomic E-state index is 14.9. The molecule has 3 heterocycles. The summed E-state index contributed by atoms with van der Waals surface area (Å²) in [5, 5.41) is 7.41. The molecule has 0 bridgehead atoms. The van der Waals surface area contributed by atoms with Gasteiger partial charge in [0.2, 0.25) is 17.6 Å². The molecular formula is C31H47FN6O4. The van der Waals surface area contributed by atoms with E-state index in [2.05, 4.69) is 25.3 Å². The average molecular weight is 587 g/mol. The van der Waals surface area contributed by atoms with E-state index in [-0.39, 0.29) is 11.9 Å². The van der Waals surface area contributed by atoms with Crippen molar-refractivity contribution in [2.24, 2.45) is 5.92 Å². The average Bonchev–Trinajstić information content (AvgIpc) is 3.63. The lowest BCUT2D eigenvalue weighted by Crippen LogP contribution is -2.48. The lowest BCUT2D eigenvalue weighted by molar-refractivity contribution is -0.132. The van der Waals surface area contributed by atoms with Gasteiger partial charge in [-0.1, -0.05) is 18.0 Å². The maximum Gasteiger partial charge on any atom is 0.239 e. The number of carbonyl (C=O) groups excluding carboxylic acids is 1. The highest BCUT2D eigenvalue weighted by Gasteiger charge is 2.24. The van der Waals surface area contributed by atoms with Crippen molar-refractivity contribution in [3.8, 4) is 17.1 Å². The predicted octanol–water partition coefficient (Wildman–Crippen LogP) is 3.22. The normalized spacial score (nSPS) is 20.1. The Morgan fingerprint density at radius 2 is 1.88 bits per heavy atom. The molecular weight excluding hydrogens is 539 g/mol. The number of nitrogens with one attached hydrogen (secondary N) is 1. The first-order valence-corrected chi connectivity index (χ1v) is 15.8. The Balaban J connectivity index is 0.985. The van der Waals surface area contributed by atoms with Gasteiger partial charge < -0.3 is 29.1 Å². The first-order valence-electron chi connectivity index (χ1n) is 15.8. The molecule has 2 aliphatic heterocycles. The van der Waals surface area contributed by atoms with Crippen molar-refractivity contribution < 1.29 is 23.2 Å². The molecule has 0 spiro atoms. The summed E-state index contributed by atoms with van der Waals surface area (Å²) in [4.78, 5) is 24.2. The van der Waals surface area contributed by atoms with Crippen molar-refractivity contribution in [1.82, 2.24) is 30.2 Å². The SMILES string of the molecule is C[C@@H](NCCN1CCOCC1)C(=O)N1CCCN(CCCOc2ccc(-c3noc(CC4CCCC4)n3)c(F)c2)CC1. The van der Waals surface area contributed by atoms with Crippen LogP contribution < -0.4 is 10.1 Å². The Kier molecular flexibility index (Phi) is 11.6. The van der Waals surface area contributed by atoms with Gasteiger partial charge in [-0.25, -0.2) is 4.39 Å². The molecule has 232 valence electrons. The largest absolute Gasteiger partial charge is 0.493 e. The van der Waals surface area contributed by atoms with Crippen molar-refractivity contribution in [2.45, 2.75) is 57.9 Å². The van der Waals surface area contributed by atoms with Crippen molar-refractivity contribution in [3.63, 3.8) is 0 Å². The number of rotatable bonds is 13. The van der Waals surface area contributed by atoms with Gasteiger partial charge >= 0.3 is 0 Å². The zero-order chi connectivity index (χ0) is 29.1. The summed E-state index contributed by atoms with van der Waals surface area (Å²) in [5.74, 6) is 1.73. The van der Waals surface area contributed by atoms with Crippen LogP contribution in [0, 0.1) is 11.7 Å². The second-order valence-corrected chi connectivity index (χ2v) is 11.9. The molecule has 3 aliphatic rings. The second kappa shape index (κ2) is 15.7. The van der Waals surface area contributed by atoms with Gasteiger partial charge in [0.05, 0.1) is 31.4 Å². The van der Waals surface area contributed by atoms with Gasteiger partial charge in [0.15, 0.2) is 0 Å². The maximum atomic E-state index is 14.9. The molecule has 10 nitrogen and oxygen atoms in total. The molecule has 1 aromatic heterocycles. The van der Waals surface area contributed by atoms with Gasteiger partial charge in [0.1, 0.15) is 11.6 Å². The predicted molar refractivity (Wildman–Crippen MR) is 158 cm³/mol. The molecule has 0 radical (unpaired) electrons. The van der Waals surface area contributed by atoms with E-state index in [1.165, 1.54) is 31.7 Å². The number of nitrogens with zero attached hydrogens (tertiary/aromatic N) is 5. The summed E-state index contributed by atoms with van der Waals surface area (Å²) in [6, 6.07) is 4.63. The Morgan fingerprint density at radius 3 is 2.69 bits per heavy atom. The third kappa shape index (κ3) is 8.95. The Hall–Kier alpha value is -2.60. The third-order valence-corrected chi connectivity index (χ3v) is 8.73. The number of hydrogen-bond donors (Lipinski definition) is 1. The summed E-state index contributed by atoms with van der Waals surface area (Å²) in [6.07, 6.45) is 7.46. The highest BCUT2D eigenvalue weighted by molar-refractivity contribution is 5.81. The summed E-state index contributed by atoms with van der Waals surface area (Å²) in [5.41, 5.74) is 0.328. The summed E-state index contributed by atoms with van der Waals surface area (Å²) in [7, 11) is 0. The van der Waals surface area contributed by atoms with Gasteiger partial charge in [-0.3, -0.25) is 9.69 Å². The standard InChI is InChI=1S/C31H47FN6O4/c1-24(33-10-14-37-17-20-40-21-18-37)31(39)38-13-4-11-36(15-16-38)12-5-19-41-26-8-9-27(28(32)23-26)30-34-29(42-35-30)22-25-6-2-3-7-25/h8-9,23-25,33H,2-7,10-22H2,1H3/t24-/m1/s1. The van der Waals surface area contributed by atoms with Crippen molar-refractivity contribution in [2.75, 3.05) is 78.7 Å². The summed E-state index contributed by atoms with van der Waals surface area (Å²) in [6.45, 7) is 11.9. The van der Waals surface area contributed by atoms with Crippen LogP contribution in [0.15, 0.2) is 22.7 Å².